The van der Waals surface area contributed by atoms with Crippen LogP contribution in [0, 0.1) is 0 Å². The summed E-state index contributed by atoms with van der Waals surface area (Å²) < 4.78 is 5.90. The summed E-state index contributed by atoms with van der Waals surface area (Å²) in [6.07, 6.45) is 3.05. The number of hydrogen-bond acceptors (Lipinski definition) is 4. The van der Waals surface area contributed by atoms with Gasteiger partial charge >= 0.3 is 0 Å². The monoisotopic (exact) mass is 448 g/mol. The van der Waals surface area contributed by atoms with Gasteiger partial charge in [0.05, 0.1) is 23.6 Å². The Labute approximate surface area is 193 Å². The molecule has 32 heavy (non-hydrogen) atoms. The number of amides is 2. The normalized spacial score (nSPS) is 23.1. The molecule has 166 valence electrons. The lowest BCUT2D eigenvalue weighted by Gasteiger charge is -2.40. The van der Waals surface area contributed by atoms with Crippen molar-refractivity contribution in [3.05, 3.63) is 59.2 Å². The number of fused-ring (bicyclic) bond motifs is 1. The van der Waals surface area contributed by atoms with Gasteiger partial charge in [0, 0.05) is 16.8 Å². The Balaban J connectivity index is 1.78. The summed E-state index contributed by atoms with van der Waals surface area (Å²) in [5.74, 6) is 0.872. The van der Waals surface area contributed by atoms with Crippen LogP contribution in [0.4, 0.5) is 11.4 Å². The van der Waals surface area contributed by atoms with E-state index in [1.807, 2.05) is 48.2 Å². The molecule has 0 aromatic heterocycles. The van der Waals surface area contributed by atoms with Gasteiger partial charge < -0.3 is 4.74 Å². The van der Waals surface area contributed by atoms with E-state index < -0.39 is 10.4 Å². The van der Waals surface area contributed by atoms with E-state index in [4.69, 9.17) is 4.74 Å². The predicted molar refractivity (Wildman–Crippen MR) is 130 cm³/mol. The number of rotatable bonds is 4. The number of ether oxygens (including phenoxy) is 1. The summed E-state index contributed by atoms with van der Waals surface area (Å²) in [5.41, 5.74) is 5.31. The Morgan fingerprint density at radius 2 is 1.78 bits per heavy atom. The van der Waals surface area contributed by atoms with Crippen LogP contribution in [-0.2, 0) is 20.9 Å². The van der Waals surface area contributed by atoms with E-state index in [0.29, 0.717) is 6.61 Å². The number of carbonyl (C=O) groups excluding carboxylic acids is 2. The molecular formula is C26H28N2O3S. The maximum atomic E-state index is 14.3. The molecule has 1 saturated heterocycles. The van der Waals surface area contributed by atoms with Crippen molar-refractivity contribution in [2.45, 2.75) is 51.4 Å². The Morgan fingerprint density at radius 1 is 1.06 bits per heavy atom. The molecule has 2 amide bonds. The second kappa shape index (κ2) is 7.14. The first-order valence-electron chi connectivity index (χ1n) is 11.2. The minimum absolute atomic E-state index is 0.0505. The number of nitrogens with zero attached hydrogens (tertiary/aromatic N) is 2. The number of aryl methyl sites for hydroxylation is 1. The summed E-state index contributed by atoms with van der Waals surface area (Å²) in [5, 5.41) is 0. The highest BCUT2D eigenvalue weighted by Gasteiger charge is 2.64. The Bertz CT molecular complexity index is 1170. The molecule has 5 rings (SSSR count). The fourth-order valence-electron chi connectivity index (χ4n) is 5.28. The Kier molecular flexibility index (Phi) is 4.71. The fourth-order valence-corrected chi connectivity index (χ4v) is 6.60. The molecule has 5 nitrogen and oxygen atoms in total. The quantitative estimate of drug-likeness (QED) is 0.651. The molecule has 1 fully saturated rings. The van der Waals surface area contributed by atoms with Crippen LogP contribution < -0.4 is 14.5 Å². The topological polar surface area (TPSA) is 49.9 Å². The Morgan fingerprint density at radius 3 is 2.44 bits per heavy atom. The largest absolute Gasteiger partial charge is 0.494 e. The van der Waals surface area contributed by atoms with Crippen molar-refractivity contribution in [1.82, 2.24) is 0 Å². The van der Waals surface area contributed by atoms with Gasteiger partial charge in [-0.15, -0.1) is 11.8 Å². The smallest absolute Gasteiger partial charge is 0.269 e. The maximum absolute atomic E-state index is 14.3. The molecular weight excluding hydrogens is 420 g/mol. The van der Waals surface area contributed by atoms with Gasteiger partial charge in [-0.1, -0.05) is 25.1 Å². The molecule has 6 heteroatoms. The van der Waals surface area contributed by atoms with Crippen molar-refractivity contribution >= 4 is 40.5 Å². The van der Waals surface area contributed by atoms with Crippen LogP contribution in [0.1, 0.15) is 51.3 Å². The molecule has 3 aliphatic heterocycles. The number of anilines is 2. The van der Waals surface area contributed by atoms with Crippen LogP contribution in [0.15, 0.2) is 42.5 Å². The second-order valence-electron chi connectivity index (χ2n) is 9.10. The zero-order chi connectivity index (χ0) is 22.8. The summed E-state index contributed by atoms with van der Waals surface area (Å²) in [6, 6.07) is 12.0. The molecule has 0 bridgehead atoms. The summed E-state index contributed by atoms with van der Waals surface area (Å²) in [6.45, 7) is 10.8. The molecule has 0 N–H and O–H groups in total. The van der Waals surface area contributed by atoms with Crippen molar-refractivity contribution in [3.63, 3.8) is 0 Å². The number of thioether (sulfide) groups is 1. The molecule has 0 unspecified atom stereocenters. The first-order valence-corrected chi connectivity index (χ1v) is 12.1. The highest BCUT2D eigenvalue weighted by atomic mass is 32.2. The van der Waals surface area contributed by atoms with Crippen LogP contribution in [0.5, 0.6) is 5.75 Å². The summed E-state index contributed by atoms with van der Waals surface area (Å²) >= 11 is 1.41. The van der Waals surface area contributed by atoms with E-state index in [-0.39, 0.29) is 17.6 Å². The molecule has 0 aliphatic carbocycles. The minimum atomic E-state index is -1.13. The third-order valence-corrected chi connectivity index (χ3v) is 8.00. The highest BCUT2D eigenvalue weighted by molar-refractivity contribution is 8.02. The number of hydrogen-bond donors (Lipinski definition) is 0. The molecule has 0 saturated carbocycles. The first kappa shape index (κ1) is 21.1. The van der Waals surface area contributed by atoms with E-state index in [1.165, 1.54) is 17.3 Å². The van der Waals surface area contributed by atoms with Gasteiger partial charge in [-0.3, -0.25) is 19.4 Å². The zero-order valence-corrected chi connectivity index (χ0v) is 20.0. The average molecular weight is 449 g/mol. The first-order chi connectivity index (χ1) is 15.2. The molecule has 1 atom stereocenters. The summed E-state index contributed by atoms with van der Waals surface area (Å²) in [4.78, 5) is 30.0. The number of benzene rings is 2. The van der Waals surface area contributed by atoms with Gasteiger partial charge in [0.25, 0.3) is 5.91 Å². The molecule has 3 aliphatic rings. The van der Waals surface area contributed by atoms with E-state index in [2.05, 4.69) is 33.8 Å². The standard InChI is InChI=1S/C26H28N2O3S/c1-6-17-8-10-18(11-9-17)27-22(29)15-32-26(27)21-13-19(31-7-2)12-20-16(3)14-25(4,5)28(23(20)21)24(26)30/h8-14H,6-7,15H2,1-5H3/t26-/m0/s1. The van der Waals surface area contributed by atoms with E-state index in [1.54, 1.807) is 4.90 Å². The van der Waals surface area contributed by atoms with Crippen molar-refractivity contribution < 1.29 is 14.3 Å². The third kappa shape index (κ3) is 2.71. The number of carbonyl (C=O) groups is 2. The van der Waals surface area contributed by atoms with E-state index in [0.717, 1.165) is 40.2 Å². The highest BCUT2D eigenvalue weighted by Crippen LogP contribution is 2.60. The van der Waals surface area contributed by atoms with Crippen molar-refractivity contribution in [2.24, 2.45) is 0 Å². The van der Waals surface area contributed by atoms with Gasteiger partial charge in [-0.2, -0.15) is 0 Å². The lowest BCUT2D eigenvalue weighted by atomic mass is 9.89. The van der Waals surface area contributed by atoms with Crippen molar-refractivity contribution in [1.29, 1.82) is 0 Å². The zero-order valence-electron chi connectivity index (χ0n) is 19.2. The van der Waals surface area contributed by atoms with Crippen LogP contribution in [0.25, 0.3) is 5.57 Å². The number of allylic oxidation sites excluding steroid dienone is 1. The lowest BCUT2D eigenvalue weighted by Crippen LogP contribution is -2.54. The van der Waals surface area contributed by atoms with Crippen LogP contribution >= 0.6 is 11.8 Å². The van der Waals surface area contributed by atoms with Gasteiger partial charge in [-0.25, -0.2) is 0 Å². The van der Waals surface area contributed by atoms with Crippen molar-refractivity contribution in [2.75, 3.05) is 22.2 Å². The summed E-state index contributed by atoms with van der Waals surface area (Å²) in [7, 11) is 0. The van der Waals surface area contributed by atoms with Gasteiger partial charge in [0.2, 0.25) is 10.8 Å². The lowest BCUT2D eigenvalue weighted by molar-refractivity contribution is -0.124. The van der Waals surface area contributed by atoms with Crippen LogP contribution in [0.2, 0.25) is 0 Å². The third-order valence-electron chi connectivity index (χ3n) is 6.62. The van der Waals surface area contributed by atoms with Gasteiger partial charge in [0.1, 0.15) is 5.75 Å². The molecule has 2 aromatic rings. The molecule has 1 spiro atoms. The molecule has 2 aromatic carbocycles. The molecule has 0 radical (unpaired) electrons. The predicted octanol–water partition coefficient (Wildman–Crippen LogP) is 5.12. The van der Waals surface area contributed by atoms with Crippen LogP contribution in [0.3, 0.4) is 0 Å². The Hall–Kier alpha value is -2.73. The maximum Gasteiger partial charge on any atom is 0.269 e. The van der Waals surface area contributed by atoms with E-state index >= 15 is 0 Å². The minimum Gasteiger partial charge on any atom is -0.494 e. The average Bonchev–Trinajstić information content (AvgIpc) is 3.23. The van der Waals surface area contributed by atoms with Crippen LogP contribution in [-0.4, -0.2) is 29.7 Å². The molecule has 3 heterocycles. The van der Waals surface area contributed by atoms with E-state index in [9.17, 15) is 9.59 Å². The van der Waals surface area contributed by atoms with Gasteiger partial charge in [-0.05, 0) is 69.5 Å². The fraction of sp³-hybridized carbons (Fsp3) is 0.385. The SMILES string of the molecule is CCOc1cc2c3c(c1)[C@]1(SCC(=O)N1c1ccc(CC)cc1)C(=O)N3C(C)(C)C=C2C. The van der Waals surface area contributed by atoms with Crippen molar-refractivity contribution in [3.8, 4) is 5.75 Å². The van der Waals surface area contributed by atoms with Gasteiger partial charge in [0.15, 0.2) is 0 Å². The second-order valence-corrected chi connectivity index (χ2v) is 10.3.